The molecule has 0 amide bonds. The summed E-state index contributed by atoms with van der Waals surface area (Å²) in [6, 6.07) is 5.52. The molecule has 0 fully saturated rings. The normalized spacial score (nSPS) is 10.1. The smallest absolute Gasteiger partial charge is 0.164 e. The molecule has 0 aliphatic carbocycles. The summed E-state index contributed by atoms with van der Waals surface area (Å²) < 4.78 is 5.42. The van der Waals surface area contributed by atoms with Crippen molar-refractivity contribution < 1.29 is 9.53 Å². The minimum absolute atomic E-state index is 0.0732. The molecule has 0 bridgehead atoms. The van der Waals surface area contributed by atoms with Gasteiger partial charge in [0.1, 0.15) is 5.75 Å². The minimum Gasteiger partial charge on any atom is -0.494 e. The van der Waals surface area contributed by atoms with Crippen LogP contribution in [0, 0.1) is 6.92 Å². The van der Waals surface area contributed by atoms with Gasteiger partial charge in [-0.1, -0.05) is 12.1 Å². The Balaban J connectivity index is 2.98. The number of alkyl halides is 1. The molecule has 0 saturated heterocycles. The van der Waals surface area contributed by atoms with Crippen LogP contribution in [0.2, 0.25) is 0 Å². The van der Waals surface area contributed by atoms with Gasteiger partial charge in [0.2, 0.25) is 0 Å². The minimum atomic E-state index is 0.0732. The Morgan fingerprint density at radius 1 is 1.47 bits per heavy atom. The van der Waals surface area contributed by atoms with E-state index in [4.69, 9.17) is 16.3 Å². The molecular formula is C12H15ClO2. The lowest BCUT2D eigenvalue weighted by atomic mass is 10.0. The summed E-state index contributed by atoms with van der Waals surface area (Å²) in [6.07, 6.45) is 0.373. The topological polar surface area (TPSA) is 26.3 Å². The molecule has 0 aliphatic heterocycles. The highest BCUT2D eigenvalue weighted by Gasteiger charge is 2.11. The van der Waals surface area contributed by atoms with Crippen LogP contribution in [0.5, 0.6) is 5.75 Å². The molecule has 2 nitrogen and oxygen atoms in total. The van der Waals surface area contributed by atoms with Gasteiger partial charge in [0.05, 0.1) is 6.61 Å². The van der Waals surface area contributed by atoms with Gasteiger partial charge in [-0.25, -0.2) is 0 Å². The van der Waals surface area contributed by atoms with Gasteiger partial charge in [0, 0.05) is 23.4 Å². The van der Waals surface area contributed by atoms with E-state index in [0.29, 0.717) is 24.5 Å². The predicted octanol–water partition coefficient (Wildman–Crippen LogP) is 3.21. The third-order valence-corrected chi connectivity index (χ3v) is 2.39. The van der Waals surface area contributed by atoms with E-state index < -0.39 is 0 Å². The van der Waals surface area contributed by atoms with Crippen molar-refractivity contribution in [1.82, 2.24) is 0 Å². The number of carbonyl (C=O) groups excluding carboxylic acids is 1. The van der Waals surface area contributed by atoms with Crippen LogP contribution >= 0.6 is 11.6 Å². The number of hydrogen-bond donors (Lipinski definition) is 0. The number of ether oxygens (including phenoxy) is 1. The second-order valence-electron chi connectivity index (χ2n) is 3.22. The predicted molar refractivity (Wildman–Crippen MR) is 62.0 cm³/mol. The number of Topliss-reactive ketones (excluding diaryl/α,β-unsaturated/α-hetero) is 1. The second-order valence-corrected chi connectivity index (χ2v) is 3.60. The van der Waals surface area contributed by atoms with Gasteiger partial charge < -0.3 is 4.74 Å². The van der Waals surface area contributed by atoms with E-state index in [-0.39, 0.29) is 5.78 Å². The van der Waals surface area contributed by atoms with Crippen LogP contribution in [0.15, 0.2) is 18.2 Å². The van der Waals surface area contributed by atoms with E-state index in [1.54, 1.807) is 0 Å². The molecule has 15 heavy (non-hydrogen) atoms. The Morgan fingerprint density at radius 3 is 2.80 bits per heavy atom. The first-order chi connectivity index (χ1) is 7.20. The molecule has 82 valence electrons. The van der Waals surface area contributed by atoms with E-state index >= 15 is 0 Å². The van der Waals surface area contributed by atoms with Crippen molar-refractivity contribution in [3.63, 3.8) is 0 Å². The number of carbonyl (C=O) groups is 1. The van der Waals surface area contributed by atoms with Crippen LogP contribution in [0.25, 0.3) is 0 Å². The zero-order valence-electron chi connectivity index (χ0n) is 9.05. The van der Waals surface area contributed by atoms with Gasteiger partial charge in [-0.15, -0.1) is 11.6 Å². The van der Waals surface area contributed by atoms with Gasteiger partial charge in [-0.05, 0) is 19.9 Å². The second kappa shape index (κ2) is 5.76. The molecular weight excluding hydrogens is 212 g/mol. The SMILES string of the molecule is CCOc1cccc(C(=O)CCCl)c1C. The van der Waals surface area contributed by atoms with Crippen LogP contribution in [0.1, 0.15) is 29.3 Å². The molecule has 0 radical (unpaired) electrons. The monoisotopic (exact) mass is 226 g/mol. The highest BCUT2D eigenvalue weighted by molar-refractivity contribution is 6.19. The maximum absolute atomic E-state index is 11.7. The van der Waals surface area contributed by atoms with E-state index in [0.717, 1.165) is 11.3 Å². The molecule has 1 rings (SSSR count). The first-order valence-corrected chi connectivity index (χ1v) is 5.55. The average molecular weight is 227 g/mol. The first kappa shape index (κ1) is 12.1. The van der Waals surface area contributed by atoms with Gasteiger partial charge in [0.15, 0.2) is 5.78 Å². The van der Waals surface area contributed by atoms with Gasteiger partial charge in [0.25, 0.3) is 0 Å². The fourth-order valence-corrected chi connectivity index (χ4v) is 1.62. The summed E-state index contributed by atoms with van der Waals surface area (Å²) in [5.41, 5.74) is 1.61. The summed E-state index contributed by atoms with van der Waals surface area (Å²) in [6.45, 7) is 4.42. The number of ketones is 1. The highest BCUT2D eigenvalue weighted by Crippen LogP contribution is 2.22. The molecule has 0 spiro atoms. The molecule has 0 N–H and O–H groups in total. The standard InChI is InChI=1S/C12H15ClO2/c1-3-15-12-6-4-5-10(9(12)2)11(14)7-8-13/h4-6H,3,7-8H2,1-2H3. The van der Waals surface area contributed by atoms with Crippen molar-refractivity contribution in [2.75, 3.05) is 12.5 Å². The molecule has 0 heterocycles. The van der Waals surface area contributed by atoms with E-state index in [9.17, 15) is 4.79 Å². The van der Waals surface area contributed by atoms with E-state index in [2.05, 4.69) is 0 Å². The Kier molecular flexibility index (Phi) is 4.63. The van der Waals surface area contributed by atoms with Crippen molar-refractivity contribution in [3.05, 3.63) is 29.3 Å². The first-order valence-electron chi connectivity index (χ1n) is 5.02. The van der Waals surface area contributed by atoms with Crippen molar-refractivity contribution in [3.8, 4) is 5.75 Å². The summed E-state index contributed by atoms with van der Waals surface area (Å²) in [5, 5.41) is 0. The van der Waals surface area contributed by atoms with Gasteiger partial charge in [-0.3, -0.25) is 4.79 Å². The maximum atomic E-state index is 11.7. The Bertz CT molecular complexity index is 347. The largest absolute Gasteiger partial charge is 0.494 e. The summed E-state index contributed by atoms with van der Waals surface area (Å²) in [4.78, 5) is 11.7. The third kappa shape index (κ3) is 2.96. The summed E-state index contributed by atoms with van der Waals surface area (Å²) >= 11 is 5.55. The molecule has 0 saturated carbocycles. The van der Waals surface area contributed by atoms with Crippen LogP contribution < -0.4 is 4.74 Å². The van der Waals surface area contributed by atoms with E-state index in [1.807, 2.05) is 32.0 Å². The lowest BCUT2D eigenvalue weighted by Crippen LogP contribution is -2.04. The maximum Gasteiger partial charge on any atom is 0.164 e. The number of rotatable bonds is 5. The van der Waals surface area contributed by atoms with Crippen LogP contribution in [0.4, 0.5) is 0 Å². The van der Waals surface area contributed by atoms with Gasteiger partial charge in [-0.2, -0.15) is 0 Å². The summed E-state index contributed by atoms with van der Waals surface area (Å²) in [5.74, 6) is 1.21. The Labute approximate surface area is 95.2 Å². The van der Waals surface area contributed by atoms with Crippen molar-refractivity contribution >= 4 is 17.4 Å². The number of halogens is 1. The van der Waals surface area contributed by atoms with Gasteiger partial charge >= 0.3 is 0 Å². The average Bonchev–Trinajstić information content (AvgIpc) is 2.22. The quantitative estimate of drug-likeness (QED) is 0.569. The lowest BCUT2D eigenvalue weighted by molar-refractivity contribution is 0.0988. The third-order valence-electron chi connectivity index (χ3n) is 2.21. The van der Waals surface area contributed by atoms with Crippen molar-refractivity contribution in [1.29, 1.82) is 0 Å². The number of hydrogen-bond acceptors (Lipinski definition) is 2. The molecule has 0 unspecified atom stereocenters. The lowest BCUT2D eigenvalue weighted by Gasteiger charge is -2.10. The summed E-state index contributed by atoms with van der Waals surface area (Å²) in [7, 11) is 0. The Hall–Kier alpha value is -1.02. The molecule has 3 heteroatoms. The molecule has 0 aromatic heterocycles. The van der Waals surface area contributed by atoms with Crippen LogP contribution in [-0.2, 0) is 0 Å². The fourth-order valence-electron chi connectivity index (χ4n) is 1.45. The van der Waals surface area contributed by atoms with Crippen molar-refractivity contribution in [2.45, 2.75) is 20.3 Å². The number of benzene rings is 1. The fraction of sp³-hybridized carbons (Fsp3) is 0.417. The Morgan fingerprint density at radius 2 is 2.20 bits per heavy atom. The van der Waals surface area contributed by atoms with E-state index in [1.165, 1.54) is 0 Å². The van der Waals surface area contributed by atoms with Crippen molar-refractivity contribution in [2.24, 2.45) is 0 Å². The van der Waals surface area contributed by atoms with Crippen LogP contribution in [-0.4, -0.2) is 18.3 Å². The molecule has 0 atom stereocenters. The van der Waals surface area contributed by atoms with Crippen LogP contribution in [0.3, 0.4) is 0 Å². The molecule has 0 aliphatic rings. The zero-order chi connectivity index (χ0) is 11.3. The molecule has 1 aromatic rings. The zero-order valence-corrected chi connectivity index (χ0v) is 9.80. The highest BCUT2D eigenvalue weighted by atomic mass is 35.5. The molecule has 1 aromatic carbocycles.